The number of aliphatic hydroxyl groups excluding tert-OH is 1. The highest BCUT2D eigenvalue weighted by atomic mass is 35.5. The first kappa shape index (κ1) is 23.1. The van der Waals surface area contributed by atoms with Gasteiger partial charge in [-0.2, -0.15) is 0 Å². The minimum Gasteiger partial charge on any atom is -0.507 e. The van der Waals surface area contributed by atoms with Crippen LogP contribution >= 0.6 is 11.6 Å². The fraction of sp³-hybridized carbons (Fsp3) is 0.200. The molecule has 5 heteroatoms. The summed E-state index contributed by atoms with van der Waals surface area (Å²) < 4.78 is 0. The van der Waals surface area contributed by atoms with Crippen LogP contribution < -0.4 is 4.90 Å². The molecule has 0 saturated carbocycles. The van der Waals surface area contributed by atoms with E-state index in [1.54, 1.807) is 17.0 Å². The van der Waals surface area contributed by atoms with Crippen LogP contribution in [0.5, 0.6) is 0 Å². The summed E-state index contributed by atoms with van der Waals surface area (Å²) in [6, 6.07) is 22.9. The maximum Gasteiger partial charge on any atom is 0.161 e. The van der Waals surface area contributed by atoms with E-state index in [0.717, 1.165) is 28.8 Å². The number of amidine groups is 1. The van der Waals surface area contributed by atoms with Gasteiger partial charge in [-0.15, -0.1) is 0 Å². The van der Waals surface area contributed by atoms with Crippen LogP contribution in [0.3, 0.4) is 0 Å². The molecule has 2 aliphatic rings. The van der Waals surface area contributed by atoms with E-state index in [2.05, 4.69) is 0 Å². The Kier molecular flexibility index (Phi) is 6.08. The minimum atomic E-state index is -0.525. The molecule has 0 fully saturated rings. The molecule has 4 nitrogen and oxygen atoms in total. The SMILES string of the molecule is Cc1ccc(C(O)=C2C(=N)N(c3cccc(Cl)c3)C3=C(C(=O)CCC3)[C@H]2c2ccc(C)cc2)cc1. The van der Waals surface area contributed by atoms with E-state index >= 15 is 0 Å². The number of Topliss-reactive ketones (excluding diaryl/α,β-unsaturated/α-hetero) is 1. The van der Waals surface area contributed by atoms with Crippen molar-refractivity contribution in [2.24, 2.45) is 0 Å². The van der Waals surface area contributed by atoms with Crippen molar-refractivity contribution in [1.82, 2.24) is 0 Å². The smallest absolute Gasteiger partial charge is 0.161 e. The Morgan fingerprint density at radius 1 is 0.971 bits per heavy atom. The maximum atomic E-state index is 13.5. The first-order valence-corrected chi connectivity index (χ1v) is 12.2. The summed E-state index contributed by atoms with van der Waals surface area (Å²) in [5.41, 5.74) is 6.30. The van der Waals surface area contributed by atoms with Crippen LogP contribution in [0.15, 0.2) is 89.6 Å². The molecule has 1 heterocycles. The predicted octanol–water partition coefficient (Wildman–Crippen LogP) is 7.51. The van der Waals surface area contributed by atoms with Gasteiger partial charge in [-0.05, 0) is 50.5 Å². The molecule has 1 aliphatic carbocycles. The van der Waals surface area contributed by atoms with E-state index in [0.29, 0.717) is 40.3 Å². The van der Waals surface area contributed by atoms with Gasteiger partial charge in [0.2, 0.25) is 0 Å². The Bertz CT molecular complexity index is 1380. The zero-order valence-electron chi connectivity index (χ0n) is 19.8. The van der Waals surface area contributed by atoms with Gasteiger partial charge < -0.3 is 5.11 Å². The van der Waals surface area contributed by atoms with E-state index in [-0.39, 0.29) is 17.4 Å². The minimum absolute atomic E-state index is 0.0116. The number of anilines is 1. The van der Waals surface area contributed by atoms with Crippen molar-refractivity contribution in [3.63, 3.8) is 0 Å². The fourth-order valence-corrected chi connectivity index (χ4v) is 5.24. The van der Waals surface area contributed by atoms with Gasteiger partial charge in [0, 0.05) is 45.5 Å². The number of halogens is 1. The average Bonchev–Trinajstić information content (AvgIpc) is 2.84. The number of carbonyl (C=O) groups is 1. The van der Waals surface area contributed by atoms with Gasteiger partial charge in [-0.3, -0.25) is 15.1 Å². The highest BCUT2D eigenvalue weighted by molar-refractivity contribution is 6.31. The van der Waals surface area contributed by atoms with E-state index in [1.165, 1.54) is 0 Å². The van der Waals surface area contributed by atoms with Gasteiger partial charge in [-0.25, -0.2) is 0 Å². The Morgan fingerprint density at radius 3 is 2.29 bits per heavy atom. The summed E-state index contributed by atoms with van der Waals surface area (Å²) in [5, 5.41) is 21.6. The number of aliphatic hydroxyl groups is 1. The third-order valence-electron chi connectivity index (χ3n) is 6.81. The molecule has 5 rings (SSSR count). The topological polar surface area (TPSA) is 64.4 Å². The number of allylic oxidation sites excluding steroid dienone is 2. The molecule has 0 unspecified atom stereocenters. The van der Waals surface area contributed by atoms with Crippen LogP contribution in [0.25, 0.3) is 5.76 Å². The monoisotopic (exact) mass is 482 g/mol. The zero-order valence-corrected chi connectivity index (χ0v) is 20.6. The number of nitrogens with one attached hydrogen (secondary N) is 1. The quantitative estimate of drug-likeness (QED) is 0.379. The summed E-state index contributed by atoms with van der Waals surface area (Å²) >= 11 is 6.32. The summed E-state index contributed by atoms with van der Waals surface area (Å²) in [5.74, 6) is -0.296. The summed E-state index contributed by atoms with van der Waals surface area (Å²) in [6.07, 6.45) is 1.86. The lowest BCUT2D eigenvalue weighted by atomic mass is 9.73. The molecule has 2 N–H and O–H groups in total. The molecule has 0 aromatic heterocycles. The Hall–Kier alpha value is -3.63. The lowest BCUT2D eigenvalue weighted by Crippen LogP contribution is -2.42. The lowest BCUT2D eigenvalue weighted by molar-refractivity contribution is -0.116. The van der Waals surface area contributed by atoms with Crippen molar-refractivity contribution in [1.29, 1.82) is 5.41 Å². The number of hydrogen-bond donors (Lipinski definition) is 2. The van der Waals surface area contributed by atoms with Crippen LogP contribution in [0, 0.1) is 19.3 Å². The average molecular weight is 483 g/mol. The molecule has 1 atom stereocenters. The second-order valence-corrected chi connectivity index (χ2v) is 9.71. The summed E-state index contributed by atoms with van der Waals surface area (Å²) in [7, 11) is 0. The van der Waals surface area contributed by atoms with E-state index < -0.39 is 5.92 Å². The number of ketones is 1. The third-order valence-corrected chi connectivity index (χ3v) is 7.05. The lowest BCUT2D eigenvalue weighted by Gasteiger charge is -2.41. The van der Waals surface area contributed by atoms with E-state index in [1.807, 2.05) is 74.5 Å². The highest BCUT2D eigenvalue weighted by Gasteiger charge is 2.43. The van der Waals surface area contributed by atoms with Gasteiger partial charge in [-0.1, -0.05) is 77.3 Å². The van der Waals surface area contributed by atoms with E-state index in [9.17, 15) is 15.3 Å². The number of benzene rings is 3. The first-order valence-electron chi connectivity index (χ1n) is 11.8. The van der Waals surface area contributed by atoms with Gasteiger partial charge in [0.15, 0.2) is 5.78 Å². The molecule has 0 bridgehead atoms. The van der Waals surface area contributed by atoms with Gasteiger partial charge in [0.25, 0.3) is 0 Å². The summed E-state index contributed by atoms with van der Waals surface area (Å²) in [4.78, 5) is 15.3. The standard InChI is InChI=1S/C30H27ClN2O2/c1-18-9-13-20(14-10-18)26-27-24(7-4-8-25(27)34)33(23-6-3-5-22(31)17-23)30(32)28(26)29(35)21-15-11-19(2)12-16-21/h3,5-6,9-17,26,32,35H,4,7-8H2,1-2H3/t26-/m1/s1. The first-order chi connectivity index (χ1) is 16.8. The second kappa shape index (κ2) is 9.20. The molecule has 1 aliphatic heterocycles. The number of rotatable bonds is 3. The fourth-order valence-electron chi connectivity index (χ4n) is 5.05. The van der Waals surface area contributed by atoms with Crippen molar-refractivity contribution < 1.29 is 9.90 Å². The number of hydrogen-bond acceptors (Lipinski definition) is 3. The van der Waals surface area contributed by atoms with E-state index in [4.69, 9.17) is 11.6 Å². The van der Waals surface area contributed by atoms with Crippen LogP contribution in [0.2, 0.25) is 5.02 Å². The largest absolute Gasteiger partial charge is 0.507 e. The van der Waals surface area contributed by atoms with Crippen molar-refractivity contribution in [3.8, 4) is 0 Å². The third kappa shape index (κ3) is 4.19. The second-order valence-electron chi connectivity index (χ2n) is 9.27. The van der Waals surface area contributed by atoms with Gasteiger partial charge in [0.05, 0.1) is 0 Å². The molecule has 0 radical (unpaired) electrons. The Morgan fingerprint density at radius 2 is 1.63 bits per heavy atom. The molecule has 0 saturated heterocycles. The Labute approximate surface area is 210 Å². The van der Waals surface area contributed by atoms with Crippen molar-refractivity contribution in [2.45, 2.75) is 39.0 Å². The van der Waals surface area contributed by atoms with Crippen LogP contribution in [0.1, 0.15) is 47.4 Å². The number of aryl methyl sites for hydroxylation is 2. The molecule has 176 valence electrons. The molecule has 0 amide bonds. The van der Waals surface area contributed by atoms with Crippen LogP contribution in [-0.4, -0.2) is 16.7 Å². The van der Waals surface area contributed by atoms with Crippen LogP contribution in [0.4, 0.5) is 5.69 Å². The molecule has 3 aromatic rings. The summed E-state index contributed by atoms with van der Waals surface area (Å²) in [6.45, 7) is 4.01. The zero-order chi connectivity index (χ0) is 24.7. The maximum absolute atomic E-state index is 13.5. The molecular weight excluding hydrogens is 456 g/mol. The van der Waals surface area contributed by atoms with Crippen LogP contribution in [-0.2, 0) is 4.79 Å². The molecule has 3 aromatic carbocycles. The van der Waals surface area contributed by atoms with Gasteiger partial charge >= 0.3 is 0 Å². The molecular formula is C30H27ClN2O2. The van der Waals surface area contributed by atoms with Crippen molar-refractivity contribution in [3.05, 3.63) is 117 Å². The molecule has 35 heavy (non-hydrogen) atoms. The predicted molar refractivity (Wildman–Crippen MR) is 142 cm³/mol. The highest BCUT2D eigenvalue weighted by Crippen LogP contribution is 2.48. The van der Waals surface area contributed by atoms with Crippen molar-refractivity contribution in [2.75, 3.05) is 4.90 Å². The molecule has 0 spiro atoms. The van der Waals surface area contributed by atoms with Crippen molar-refractivity contribution >= 4 is 34.7 Å². The number of carbonyl (C=O) groups excluding carboxylic acids is 1. The normalized spacial score (nSPS) is 19.6. The number of nitrogens with zero attached hydrogens (tertiary/aromatic N) is 1. The Balaban J connectivity index is 1.82. The van der Waals surface area contributed by atoms with Gasteiger partial charge in [0.1, 0.15) is 11.6 Å².